The highest BCUT2D eigenvalue weighted by Gasteiger charge is 2.70. The third-order valence-electron chi connectivity index (χ3n) is 8.91. The molecule has 3 fully saturated rings. The number of hydrogen-bond donors (Lipinski definition) is 2. The number of aliphatic hydroxyl groups excluding tert-OH is 1. The van der Waals surface area contributed by atoms with E-state index in [1.165, 1.54) is 6.92 Å². The standard InChI is InChI=1S/C24H32O6/c1-13-9-18-17-6-5-15-10-16(26)7-8-22(15,3)21(17)19(27)11-23(18,4)24(13,29)20(28)12-30-14(2)25/h7-8,10,13,17-19,21,27,29H,5-6,9,11-12H2,1-4H3/t13-,17+,18+,19?,21-,22+,23+,24+/m1/s1. The van der Waals surface area contributed by atoms with E-state index >= 15 is 0 Å². The van der Waals surface area contributed by atoms with E-state index in [1.807, 2.05) is 19.9 Å². The highest BCUT2D eigenvalue weighted by Crippen LogP contribution is 2.68. The van der Waals surface area contributed by atoms with Crippen LogP contribution >= 0.6 is 0 Å². The maximum atomic E-state index is 13.1. The van der Waals surface area contributed by atoms with Crippen molar-refractivity contribution < 1.29 is 29.3 Å². The molecular weight excluding hydrogens is 384 g/mol. The first-order valence-electron chi connectivity index (χ1n) is 11.0. The molecule has 3 saturated carbocycles. The first kappa shape index (κ1) is 21.4. The average Bonchev–Trinajstić information content (AvgIpc) is 2.87. The smallest absolute Gasteiger partial charge is 0.303 e. The van der Waals surface area contributed by atoms with Crippen molar-refractivity contribution in [2.24, 2.45) is 34.5 Å². The zero-order valence-corrected chi connectivity index (χ0v) is 18.2. The second-order valence-electron chi connectivity index (χ2n) is 10.3. The Labute approximate surface area is 177 Å². The molecule has 6 heteroatoms. The minimum Gasteiger partial charge on any atom is -0.458 e. The molecule has 30 heavy (non-hydrogen) atoms. The van der Waals surface area contributed by atoms with Crippen LogP contribution in [0.15, 0.2) is 23.8 Å². The molecule has 0 radical (unpaired) electrons. The van der Waals surface area contributed by atoms with Gasteiger partial charge in [0.2, 0.25) is 5.78 Å². The van der Waals surface area contributed by atoms with Crippen LogP contribution in [0.25, 0.3) is 0 Å². The minimum atomic E-state index is -1.64. The van der Waals surface area contributed by atoms with Crippen LogP contribution in [0.5, 0.6) is 0 Å². The summed E-state index contributed by atoms with van der Waals surface area (Å²) in [5.74, 6) is -1.19. The van der Waals surface area contributed by atoms with Crippen molar-refractivity contribution in [3.05, 3.63) is 23.8 Å². The number of rotatable bonds is 3. The van der Waals surface area contributed by atoms with E-state index in [1.54, 1.807) is 12.2 Å². The van der Waals surface area contributed by atoms with E-state index in [4.69, 9.17) is 4.74 Å². The molecule has 0 amide bonds. The van der Waals surface area contributed by atoms with Crippen LogP contribution in [0.4, 0.5) is 0 Å². The second-order valence-corrected chi connectivity index (χ2v) is 10.3. The van der Waals surface area contributed by atoms with Gasteiger partial charge >= 0.3 is 5.97 Å². The maximum Gasteiger partial charge on any atom is 0.303 e. The van der Waals surface area contributed by atoms with Crippen LogP contribution in [-0.2, 0) is 19.1 Å². The van der Waals surface area contributed by atoms with Crippen LogP contribution in [-0.4, -0.2) is 46.1 Å². The topological polar surface area (TPSA) is 101 Å². The summed E-state index contributed by atoms with van der Waals surface area (Å²) in [6, 6.07) is 0. The summed E-state index contributed by atoms with van der Waals surface area (Å²) in [6.45, 7) is 6.69. The van der Waals surface area contributed by atoms with Gasteiger partial charge in [-0.3, -0.25) is 14.4 Å². The lowest BCUT2D eigenvalue weighted by Gasteiger charge is -2.59. The van der Waals surface area contributed by atoms with E-state index < -0.39 is 35.5 Å². The van der Waals surface area contributed by atoms with Gasteiger partial charge in [-0.15, -0.1) is 0 Å². The van der Waals surface area contributed by atoms with Gasteiger partial charge in [-0.1, -0.05) is 32.4 Å². The molecule has 0 aromatic rings. The summed E-state index contributed by atoms with van der Waals surface area (Å²) in [6.07, 6.45) is 7.15. The van der Waals surface area contributed by atoms with Crippen molar-refractivity contribution in [3.8, 4) is 0 Å². The highest BCUT2D eigenvalue weighted by molar-refractivity contribution is 6.01. The molecule has 2 N–H and O–H groups in total. The normalized spacial score (nSPS) is 47.1. The molecule has 0 bridgehead atoms. The minimum absolute atomic E-state index is 0.00371. The van der Waals surface area contributed by atoms with E-state index in [9.17, 15) is 24.6 Å². The van der Waals surface area contributed by atoms with Crippen molar-refractivity contribution in [2.75, 3.05) is 6.61 Å². The number of Topliss-reactive ketones (excluding diaryl/α,β-unsaturated/α-hetero) is 1. The van der Waals surface area contributed by atoms with E-state index in [-0.39, 0.29) is 34.9 Å². The third kappa shape index (κ3) is 2.72. The average molecular weight is 417 g/mol. The van der Waals surface area contributed by atoms with Gasteiger partial charge in [-0.2, -0.15) is 0 Å². The Balaban J connectivity index is 1.70. The van der Waals surface area contributed by atoms with Crippen molar-refractivity contribution in [2.45, 2.75) is 65.1 Å². The van der Waals surface area contributed by atoms with Gasteiger partial charge in [-0.25, -0.2) is 0 Å². The summed E-state index contributed by atoms with van der Waals surface area (Å²) < 4.78 is 4.93. The van der Waals surface area contributed by atoms with E-state index in [0.717, 1.165) is 18.4 Å². The number of carbonyl (C=O) groups excluding carboxylic acids is 3. The molecule has 4 aliphatic carbocycles. The van der Waals surface area contributed by atoms with Crippen LogP contribution in [0.1, 0.15) is 53.4 Å². The zero-order chi connectivity index (χ0) is 22.1. The van der Waals surface area contributed by atoms with Gasteiger partial charge in [0.05, 0.1) is 6.10 Å². The summed E-state index contributed by atoms with van der Waals surface area (Å²) in [7, 11) is 0. The van der Waals surface area contributed by atoms with Crippen molar-refractivity contribution >= 4 is 17.5 Å². The molecule has 0 aromatic carbocycles. The van der Waals surface area contributed by atoms with E-state index in [2.05, 4.69) is 6.92 Å². The summed E-state index contributed by atoms with van der Waals surface area (Å²) >= 11 is 0. The Morgan fingerprint density at radius 2 is 2.00 bits per heavy atom. The number of aliphatic hydroxyl groups is 2. The van der Waals surface area contributed by atoms with Gasteiger partial charge in [0, 0.05) is 23.7 Å². The number of ether oxygens (including phenoxy) is 1. The molecular formula is C24H32O6. The summed E-state index contributed by atoms with van der Waals surface area (Å²) in [4.78, 5) is 36.2. The fraction of sp³-hybridized carbons (Fsp3) is 0.708. The number of ketones is 2. The van der Waals surface area contributed by atoms with E-state index in [0.29, 0.717) is 12.8 Å². The molecule has 0 aliphatic heterocycles. The first-order chi connectivity index (χ1) is 13.9. The Morgan fingerprint density at radius 1 is 1.30 bits per heavy atom. The van der Waals surface area contributed by atoms with Gasteiger partial charge in [0.15, 0.2) is 12.4 Å². The lowest BCUT2D eigenvalue weighted by atomic mass is 9.46. The lowest BCUT2D eigenvalue weighted by molar-refractivity contribution is -0.185. The SMILES string of the molecule is CC(=O)OCC(=O)[C@@]1(O)[C@H](C)C[C@H]2[C@@H]3CCC4=CC(=O)C=C[C@]4(C)[C@H]3C(O)C[C@@]21C. The molecule has 8 atom stereocenters. The molecule has 0 saturated heterocycles. The third-order valence-corrected chi connectivity index (χ3v) is 8.91. The summed E-state index contributed by atoms with van der Waals surface area (Å²) in [5.41, 5.74) is -1.75. The molecule has 6 nitrogen and oxygen atoms in total. The number of fused-ring (bicyclic) bond motifs is 5. The largest absolute Gasteiger partial charge is 0.458 e. The number of hydrogen-bond acceptors (Lipinski definition) is 6. The molecule has 4 rings (SSSR count). The monoisotopic (exact) mass is 416 g/mol. The second kappa shape index (κ2) is 6.86. The maximum absolute atomic E-state index is 13.1. The Morgan fingerprint density at radius 3 is 2.67 bits per heavy atom. The van der Waals surface area contributed by atoms with Gasteiger partial charge in [-0.05, 0) is 55.6 Å². The van der Waals surface area contributed by atoms with Crippen LogP contribution in [0, 0.1) is 34.5 Å². The predicted octanol–water partition coefficient (Wildman–Crippen LogP) is 2.37. The molecule has 0 aromatic heterocycles. The van der Waals surface area contributed by atoms with Crippen LogP contribution < -0.4 is 0 Å². The Bertz CT molecular complexity index is 858. The molecule has 1 unspecified atom stereocenters. The number of carbonyl (C=O) groups is 3. The molecule has 0 heterocycles. The summed E-state index contributed by atoms with van der Waals surface area (Å²) in [5, 5.41) is 23.1. The van der Waals surface area contributed by atoms with Crippen molar-refractivity contribution in [1.29, 1.82) is 0 Å². The predicted molar refractivity (Wildman–Crippen MR) is 109 cm³/mol. The zero-order valence-electron chi connectivity index (χ0n) is 18.2. The number of allylic oxidation sites excluding steroid dienone is 4. The fourth-order valence-corrected chi connectivity index (χ4v) is 7.53. The van der Waals surface area contributed by atoms with Gasteiger partial charge in [0.25, 0.3) is 0 Å². The Kier molecular flexibility index (Phi) is 4.90. The molecule has 0 spiro atoms. The first-order valence-corrected chi connectivity index (χ1v) is 11.0. The Hall–Kier alpha value is -1.79. The number of esters is 1. The van der Waals surface area contributed by atoms with Crippen molar-refractivity contribution in [3.63, 3.8) is 0 Å². The van der Waals surface area contributed by atoms with Crippen LogP contribution in [0.3, 0.4) is 0 Å². The molecule has 164 valence electrons. The van der Waals surface area contributed by atoms with Gasteiger partial charge in [0.1, 0.15) is 5.60 Å². The lowest BCUT2D eigenvalue weighted by Crippen LogP contribution is -2.62. The highest BCUT2D eigenvalue weighted by atomic mass is 16.5. The van der Waals surface area contributed by atoms with Crippen molar-refractivity contribution in [1.82, 2.24) is 0 Å². The van der Waals surface area contributed by atoms with Gasteiger partial charge < -0.3 is 14.9 Å². The fourth-order valence-electron chi connectivity index (χ4n) is 7.53. The molecule has 4 aliphatic rings. The van der Waals surface area contributed by atoms with Crippen LogP contribution in [0.2, 0.25) is 0 Å². The quantitative estimate of drug-likeness (QED) is 0.685.